The quantitative estimate of drug-likeness (QED) is 0.847. The maximum atomic E-state index is 13.5. The van der Waals surface area contributed by atoms with Crippen LogP contribution in [0, 0.1) is 5.41 Å². The van der Waals surface area contributed by atoms with E-state index in [0.717, 1.165) is 36.4 Å². The van der Waals surface area contributed by atoms with E-state index in [-0.39, 0.29) is 24.1 Å². The first kappa shape index (κ1) is 15.7. The second-order valence-electron chi connectivity index (χ2n) is 6.45. The standard InChI is InChI=1S/C13H23FN2O3S/c1-13(5-3-2-4-6-13)9-20(18,19)16-8-10(14)7-11(16)12(15)17/h10-11H,2-9H2,1H3,(H2,15,17)/t10-,11+/m1/s1. The molecule has 2 atom stereocenters. The van der Waals surface area contributed by atoms with E-state index in [2.05, 4.69) is 0 Å². The molecule has 1 amide bonds. The average Bonchev–Trinajstić information content (AvgIpc) is 2.72. The third-order valence-corrected chi connectivity index (χ3v) is 6.66. The van der Waals surface area contributed by atoms with Crippen molar-refractivity contribution < 1.29 is 17.6 Å². The van der Waals surface area contributed by atoms with Crippen LogP contribution in [0.1, 0.15) is 45.4 Å². The van der Waals surface area contributed by atoms with Gasteiger partial charge in [0.05, 0.1) is 5.75 Å². The average molecular weight is 306 g/mol. The van der Waals surface area contributed by atoms with Crippen molar-refractivity contribution in [1.82, 2.24) is 4.31 Å². The van der Waals surface area contributed by atoms with Gasteiger partial charge in [-0.3, -0.25) is 4.79 Å². The molecule has 20 heavy (non-hydrogen) atoms. The Morgan fingerprint density at radius 1 is 1.35 bits per heavy atom. The molecule has 2 rings (SSSR count). The summed E-state index contributed by atoms with van der Waals surface area (Å²) >= 11 is 0. The van der Waals surface area contributed by atoms with E-state index in [9.17, 15) is 17.6 Å². The minimum atomic E-state index is -3.65. The summed E-state index contributed by atoms with van der Waals surface area (Å²) < 4.78 is 39.5. The Kier molecular flexibility index (Phi) is 4.39. The number of hydrogen-bond donors (Lipinski definition) is 1. The number of alkyl halides is 1. The maximum Gasteiger partial charge on any atom is 0.235 e. The molecule has 0 aromatic heterocycles. The van der Waals surface area contributed by atoms with E-state index in [1.807, 2.05) is 6.92 Å². The lowest BCUT2D eigenvalue weighted by Gasteiger charge is -2.35. The third-order valence-electron chi connectivity index (χ3n) is 4.48. The summed E-state index contributed by atoms with van der Waals surface area (Å²) in [5.41, 5.74) is 4.93. The van der Waals surface area contributed by atoms with Gasteiger partial charge in [0, 0.05) is 13.0 Å². The van der Waals surface area contributed by atoms with E-state index < -0.39 is 28.1 Å². The van der Waals surface area contributed by atoms with Gasteiger partial charge < -0.3 is 5.73 Å². The van der Waals surface area contributed by atoms with Gasteiger partial charge in [-0.25, -0.2) is 12.8 Å². The van der Waals surface area contributed by atoms with Crippen LogP contribution < -0.4 is 5.73 Å². The molecule has 7 heteroatoms. The van der Waals surface area contributed by atoms with Gasteiger partial charge in [-0.1, -0.05) is 26.2 Å². The predicted molar refractivity (Wildman–Crippen MR) is 74.2 cm³/mol. The molecule has 5 nitrogen and oxygen atoms in total. The highest BCUT2D eigenvalue weighted by atomic mass is 32.2. The van der Waals surface area contributed by atoms with Gasteiger partial charge >= 0.3 is 0 Å². The molecule has 0 unspecified atom stereocenters. The zero-order valence-electron chi connectivity index (χ0n) is 11.8. The van der Waals surface area contributed by atoms with E-state index in [4.69, 9.17) is 5.73 Å². The summed E-state index contributed by atoms with van der Waals surface area (Å²) in [7, 11) is -3.65. The van der Waals surface area contributed by atoms with Crippen molar-refractivity contribution in [3.63, 3.8) is 0 Å². The third kappa shape index (κ3) is 3.31. The number of carbonyl (C=O) groups is 1. The van der Waals surface area contributed by atoms with Crippen LogP contribution in [0.2, 0.25) is 0 Å². The highest BCUT2D eigenvalue weighted by Gasteiger charge is 2.45. The number of rotatable bonds is 4. The van der Waals surface area contributed by atoms with Gasteiger partial charge in [0.25, 0.3) is 0 Å². The van der Waals surface area contributed by atoms with Gasteiger partial charge in [0.2, 0.25) is 15.9 Å². The molecule has 1 saturated carbocycles. The largest absolute Gasteiger partial charge is 0.368 e. The molecule has 0 spiro atoms. The fourth-order valence-electron chi connectivity index (χ4n) is 3.40. The van der Waals surface area contributed by atoms with Crippen molar-refractivity contribution in [1.29, 1.82) is 0 Å². The van der Waals surface area contributed by atoms with Crippen LogP contribution in [0.4, 0.5) is 4.39 Å². The lowest BCUT2D eigenvalue weighted by Crippen LogP contribution is -2.47. The molecule has 1 saturated heterocycles. The lowest BCUT2D eigenvalue weighted by molar-refractivity contribution is -0.121. The number of sulfonamides is 1. The molecule has 1 aliphatic heterocycles. The molecule has 2 fully saturated rings. The lowest BCUT2D eigenvalue weighted by atomic mass is 9.77. The monoisotopic (exact) mass is 306 g/mol. The number of primary amides is 1. The van der Waals surface area contributed by atoms with Gasteiger partial charge in [-0.2, -0.15) is 4.31 Å². The van der Waals surface area contributed by atoms with Crippen LogP contribution in [0.25, 0.3) is 0 Å². The molecule has 0 aromatic rings. The van der Waals surface area contributed by atoms with Crippen molar-refractivity contribution in [2.24, 2.45) is 11.1 Å². The van der Waals surface area contributed by atoms with Crippen molar-refractivity contribution in [2.45, 2.75) is 57.7 Å². The number of nitrogens with zero attached hydrogens (tertiary/aromatic N) is 1. The zero-order chi connectivity index (χ0) is 15.0. The SMILES string of the molecule is CC1(CS(=O)(=O)N2C[C@H](F)C[C@H]2C(N)=O)CCCCC1. The molecule has 2 N–H and O–H groups in total. The van der Waals surface area contributed by atoms with Crippen LogP contribution in [-0.4, -0.2) is 43.1 Å². The second kappa shape index (κ2) is 5.60. The second-order valence-corrected chi connectivity index (χ2v) is 8.37. The Morgan fingerprint density at radius 3 is 2.50 bits per heavy atom. The molecule has 0 bridgehead atoms. The van der Waals surface area contributed by atoms with E-state index in [1.54, 1.807) is 0 Å². The summed E-state index contributed by atoms with van der Waals surface area (Å²) in [4.78, 5) is 11.3. The highest BCUT2D eigenvalue weighted by Crippen LogP contribution is 2.38. The Balaban J connectivity index is 2.15. The minimum Gasteiger partial charge on any atom is -0.368 e. The van der Waals surface area contributed by atoms with Crippen LogP contribution >= 0.6 is 0 Å². The van der Waals surface area contributed by atoms with Crippen LogP contribution in [0.5, 0.6) is 0 Å². The Labute approximate surface area is 119 Å². The topological polar surface area (TPSA) is 80.5 Å². The first-order valence-electron chi connectivity index (χ1n) is 7.16. The first-order valence-corrected chi connectivity index (χ1v) is 8.77. The van der Waals surface area contributed by atoms with E-state index in [0.29, 0.717) is 0 Å². The number of amides is 1. The van der Waals surface area contributed by atoms with Crippen LogP contribution in [0.3, 0.4) is 0 Å². The van der Waals surface area contributed by atoms with E-state index >= 15 is 0 Å². The molecule has 2 aliphatic rings. The van der Waals surface area contributed by atoms with E-state index in [1.165, 1.54) is 0 Å². The molecule has 1 heterocycles. The van der Waals surface area contributed by atoms with Gasteiger partial charge in [0.1, 0.15) is 12.2 Å². The summed E-state index contributed by atoms with van der Waals surface area (Å²) in [6.45, 7) is 1.72. The summed E-state index contributed by atoms with van der Waals surface area (Å²) in [5, 5.41) is 0. The van der Waals surface area contributed by atoms with Crippen molar-refractivity contribution >= 4 is 15.9 Å². The van der Waals surface area contributed by atoms with Gasteiger partial charge in [-0.05, 0) is 18.3 Å². The fourth-order valence-corrected chi connectivity index (χ4v) is 5.70. The van der Waals surface area contributed by atoms with Gasteiger partial charge in [-0.15, -0.1) is 0 Å². The number of nitrogens with two attached hydrogens (primary N) is 1. The number of halogens is 1. The molecule has 116 valence electrons. The number of carbonyl (C=O) groups excluding carboxylic acids is 1. The molecule has 1 aliphatic carbocycles. The van der Waals surface area contributed by atoms with Crippen molar-refractivity contribution in [3.8, 4) is 0 Å². The Morgan fingerprint density at radius 2 is 1.95 bits per heavy atom. The molecular weight excluding hydrogens is 283 g/mol. The summed E-state index contributed by atoms with van der Waals surface area (Å²) in [5.74, 6) is -0.779. The molecule has 0 aromatic carbocycles. The Bertz CT molecular complexity index is 474. The van der Waals surface area contributed by atoms with Gasteiger partial charge in [0.15, 0.2) is 0 Å². The summed E-state index contributed by atoms with van der Waals surface area (Å²) in [6.07, 6.45) is 3.48. The fraction of sp³-hybridized carbons (Fsp3) is 0.923. The van der Waals surface area contributed by atoms with Crippen LogP contribution in [0.15, 0.2) is 0 Å². The maximum absolute atomic E-state index is 13.5. The van der Waals surface area contributed by atoms with Crippen molar-refractivity contribution in [3.05, 3.63) is 0 Å². The predicted octanol–water partition coefficient (Wildman–Crippen LogP) is 1.18. The minimum absolute atomic E-state index is 0.0174. The van der Waals surface area contributed by atoms with Crippen molar-refractivity contribution in [2.75, 3.05) is 12.3 Å². The molecular formula is C13H23FN2O3S. The first-order chi connectivity index (χ1) is 9.23. The summed E-state index contributed by atoms with van der Waals surface area (Å²) in [6, 6.07) is -1.03. The van der Waals surface area contributed by atoms with Crippen LogP contribution in [-0.2, 0) is 14.8 Å². The smallest absolute Gasteiger partial charge is 0.235 e. The molecule has 0 radical (unpaired) electrons. The number of hydrogen-bond acceptors (Lipinski definition) is 3. The zero-order valence-corrected chi connectivity index (χ0v) is 12.7. The highest BCUT2D eigenvalue weighted by molar-refractivity contribution is 7.89. The Hall–Kier alpha value is -0.690. The normalized spacial score (nSPS) is 31.3.